The lowest BCUT2D eigenvalue weighted by molar-refractivity contribution is -0.131. The number of rotatable bonds is 7. The van der Waals surface area contributed by atoms with E-state index in [-0.39, 0.29) is 18.9 Å². The second kappa shape index (κ2) is 8.02. The second-order valence-corrected chi connectivity index (χ2v) is 6.65. The largest absolute Gasteiger partial charge is 0.492 e. The van der Waals surface area contributed by atoms with E-state index in [1.165, 1.54) is 24.3 Å². The van der Waals surface area contributed by atoms with Crippen molar-refractivity contribution < 1.29 is 27.8 Å². The zero-order chi connectivity index (χ0) is 20.3. The summed E-state index contributed by atoms with van der Waals surface area (Å²) < 4.78 is 34.4. The Morgan fingerprint density at radius 2 is 1.68 bits per heavy atom. The second-order valence-electron chi connectivity index (χ2n) is 6.22. The number of benzene rings is 2. The molecule has 2 aromatic carbocycles. The SMILES string of the molecule is CC1(c2ccc(OC(F)F)cc2)NC(=O)N(CCOc2ccc(Cl)cc2)C1=O. The van der Waals surface area contributed by atoms with E-state index in [9.17, 15) is 18.4 Å². The maximum absolute atomic E-state index is 12.8. The Hall–Kier alpha value is -2.87. The molecule has 1 atom stereocenters. The molecule has 1 aliphatic rings. The van der Waals surface area contributed by atoms with Gasteiger partial charge in [-0.1, -0.05) is 23.7 Å². The van der Waals surface area contributed by atoms with Crippen LogP contribution in [0.2, 0.25) is 5.02 Å². The number of amides is 3. The number of ether oxygens (including phenoxy) is 2. The summed E-state index contributed by atoms with van der Waals surface area (Å²) in [5, 5.41) is 3.21. The monoisotopic (exact) mass is 410 g/mol. The highest BCUT2D eigenvalue weighted by Crippen LogP contribution is 2.30. The Balaban J connectivity index is 1.65. The number of hydrogen-bond acceptors (Lipinski definition) is 4. The van der Waals surface area contributed by atoms with Gasteiger partial charge in [0.1, 0.15) is 23.6 Å². The van der Waals surface area contributed by atoms with Crippen LogP contribution >= 0.6 is 11.6 Å². The molecular formula is C19H17ClF2N2O4. The molecule has 148 valence electrons. The first-order chi connectivity index (χ1) is 13.3. The molecule has 3 amide bonds. The molecule has 3 rings (SSSR count). The van der Waals surface area contributed by atoms with Gasteiger partial charge in [0, 0.05) is 5.02 Å². The van der Waals surface area contributed by atoms with E-state index in [0.29, 0.717) is 16.3 Å². The molecule has 28 heavy (non-hydrogen) atoms. The number of alkyl halides is 2. The smallest absolute Gasteiger partial charge is 0.387 e. The van der Waals surface area contributed by atoms with E-state index in [4.69, 9.17) is 16.3 Å². The van der Waals surface area contributed by atoms with Gasteiger partial charge < -0.3 is 14.8 Å². The molecule has 0 saturated carbocycles. The van der Waals surface area contributed by atoms with Crippen LogP contribution in [0.3, 0.4) is 0 Å². The van der Waals surface area contributed by atoms with E-state index in [1.54, 1.807) is 31.2 Å². The Morgan fingerprint density at radius 3 is 2.29 bits per heavy atom. The van der Waals surface area contributed by atoms with Crippen LogP contribution in [0, 0.1) is 0 Å². The molecule has 1 aliphatic heterocycles. The molecule has 0 spiro atoms. The molecule has 1 N–H and O–H groups in total. The van der Waals surface area contributed by atoms with Crippen molar-refractivity contribution in [2.45, 2.75) is 19.1 Å². The van der Waals surface area contributed by atoms with Crippen LogP contribution in [0.15, 0.2) is 48.5 Å². The summed E-state index contributed by atoms with van der Waals surface area (Å²) in [5.41, 5.74) is -0.852. The van der Waals surface area contributed by atoms with Crippen molar-refractivity contribution in [3.63, 3.8) is 0 Å². The van der Waals surface area contributed by atoms with E-state index < -0.39 is 24.1 Å². The predicted molar refractivity (Wildman–Crippen MR) is 97.6 cm³/mol. The van der Waals surface area contributed by atoms with Crippen LogP contribution in [-0.4, -0.2) is 36.6 Å². The highest BCUT2D eigenvalue weighted by molar-refractivity contribution is 6.30. The van der Waals surface area contributed by atoms with Crippen LogP contribution in [0.5, 0.6) is 11.5 Å². The molecule has 0 radical (unpaired) electrons. The quantitative estimate of drug-likeness (QED) is 0.705. The van der Waals surface area contributed by atoms with Crippen molar-refractivity contribution in [2.24, 2.45) is 0 Å². The standard InChI is InChI=1S/C19H17ClF2N2O4/c1-19(12-2-6-15(7-3-12)28-17(21)22)16(25)24(18(26)23-19)10-11-27-14-8-4-13(20)5-9-14/h2-9,17H,10-11H2,1H3,(H,23,26). The minimum atomic E-state index is -2.94. The third-order valence-electron chi connectivity index (χ3n) is 4.33. The lowest BCUT2D eigenvalue weighted by Gasteiger charge is -2.22. The van der Waals surface area contributed by atoms with Crippen LogP contribution < -0.4 is 14.8 Å². The zero-order valence-electron chi connectivity index (χ0n) is 14.8. The summed E-state index contributed by atoms with van der Waals surface area (Å²) in [6.07, 6.45) is 0. The van der Waals surface area contributed by atoms with Crippen molar-refractivity contribution in [1.82, 2.24) is 10.2 Å². The maximum Gasteiger partial charge on any atom is 0.387 e. The van der Waals surface area contributed by atoms with Crippen LogP contribution in [-0.2, 0) is 10.3 Å². The fourth-order valence-electron chi connectivity index (χ4n) is 2.85. The fraction of sp³-hybridized carbons (Fsp3) is 0.263. The summed E-state index contributed by atoms with van der Waals surface area (Å²) in [6, 6.07) is 11.7. The lowest BCUT2D eigenvalue weighted by Crippen LogP contribution is -2.41. The molecule has 2 aromatic rings. The topological polar surface area (TPSA) is 67.9 Å². The van der Waals surface area contributed by atoms with Gasteiger partial charge in [-0.15, -0.1) is 0 Å². The number of urea groups is 1. The number of nitrogens with one attached hydrogen (secondary N) is 1. The van der Waals surface area contributed by atoms with E-state index >= 15 is 0 Å². The third-order valence-corrected chi connectivity index (χ3v) is 4.58. The van der Waals surface area contributed by atoms with Crippen molar-refractivity contribution in [1.29, 1.82) is 0 Å². The van der Waals surface area contributed by atoms with E-state index in [2.05, 4.69) is 10.1 Å². The summed E-state index contributed by atoms with van der Waals surface area (Å²) >= 11 is 5.81. The lowest BCUT2D eigenvalue weighted by atomic mass is 9.92. The summed E-state index contributed by atoms with van der Waals surface area (Å²) in [6.45, 7) is -1.23. The van der Waals surface area contributed by atoms with Gasteiger partial charge in [-0.3, -0.25) is 9.69 Å². The van der Waals surface area contributed by atoms with Gasteiger partial charge in [0.25, 0.3) is 5.91 Å². The highest BCUT2D eigenvalue weighted by Gasteiger charge is 2.48. The minimum absolute atomic E-state index is 0.0349. The average Bonchev–Trinajstić information content (AvgIpc) is 2.87. The predicted octanol–water partition coefficient (Wildman–Crippen LogP) is 3.79. The van der Waals surface area contributed by atoms with Crippen molar-refractivity contribution in [3.05, 3.63) is 59.1 Å². The molecule has 1 fully saturated rings. The van der Waals surface area contributed by atoms with Gasteiger partial charge >= 0.3 is 12.6 Å². The normalized spacial score (nSPS) is 19.1. The molecule has 9 heteroatoms. The fourth-order valence-corrected chi connectivity index (χ4v) is 2.98. The zero-order valence-corrected chi connectivity index (χ0v) is 15.6. The van der Waals surface area contributed by atoms with Gasteiger partial charge in [-0.25, -0.2) is 4.79 Å². The van der Waals surface area contributed by atoms with Gasteiger partial charge in [0.05, 0.1) is 6.54 Å². The molecule has 6 nitrogen and oxygen atoms in total. The van der Waals surface area contributed by atoms with Crippen molar-refractivity contribution in [3.8, 4) is 11.5 Å². The summed E-state index contributed by atoms with van der Waals surface area (Å²) in [5.74, 6) is 0.0703. The Morgan fingerprint density at radius 1 is 1.07 bits per heavy atom. The third kappa shape index (κ3) is 4.17. The molecule has 0 aromatic heterocycles. The first kappa shape index (κ1) is 19.9. The average molecular weight is 411 g/mol. The number of halogens is 3. The molecular weight excluding hydrogens is 394 g/mol. The van der Waals surface area contributed by atoms with Crippen LogP contribution in [0.4, 0.5) is 13.6 Å². The van der Waals surface area contributed by atoms with Gasteiger partial charge in [-0.05, 0) is 48.9 Å². The van der Waals surface area contributed by atoms with Gasteiger partial charge in [0.15, 0.2) is 0 Å². The van der Waals surface area contributed by atoms with Crippen molar-refractivity contribution in [2.75, 3.05) is 13.2 Å². The van der Waals surface area contributed by atoms with Crippen molar-refractivity contribution >= 4 is 23.5 Å². The Labute approximate surface area is 165 Å². The number of imide groups is 1. The molecule has 1 saturated heterocycles. The molecule has 0 bridgehead atoms. The number of carbonyl (C=O) groups excluding carboxylic acids is 2. The van der Waals surface area contributed by atoms with Crippen LogP contribution in [0.1, 0.15) is 12.5 Å². The van der Waals surface area contributed by atoms with E-state index in [0.717, 1.165) is 4.90 Å². The number of carbonyl (C=O) groups is 2. The summed E-state index contributed by atoms with van der Waals surface area (Å²) in [7, 11) is 0. The Bertz CT molecular complexity index is 861. The molecule has 1 heterocycles. The highest BCUT2D eigenvalue weighted by atomic mass is 35.5. The number of hydrogen-bond donors (Lipinski definition) is 1. The minimum Gasteiger partial charge on any atom is -0.492 e. The van der Waals surface area contributed by atoms with Gasteiger partial charge in [-0.2, -0.15) is 8.78 Å². The number of nitrogens with zero attached hydrogens (tertiary/aromatic N) is 1. The van der Waals surface area contributed by atoms with Crippen LogP contribution in [0.25, 0.3) is 0 Å². The molecule has 1 unspecified atom stereocenters. The maximum atomic E-state index is 12.8. The first-order valence-electron chi connectivity index (χ1n) is 8.37. The summed E-state index contributed by atoms with van der Waals surface area (Å²) in [4.78, 5) is 26.1. The first-order valence-corrected chi connectivity index (χ1v) is 8.75. The molecule has 0 aliphatic carbocycles. The van der Waals surface area contributed by atoms with Gasteiger partial charge in [0.2, 0.25) is 0 Å². The van der Waals surface area contributed by atoms with E-state index in [1.807, 2.05) is 0 Å². The Kier molecular flexibility index (Phi) is 5.69.